The van der Waals surface area contributed by atoms with Gasteiger partial charge in [-0.2, -0.15) is 0 Å². The lowest BCUT2D eigenvalue weighted by atomic mass is 9.94. The van der Waals surface area contributed by atoms with Gasteiger partial charge in [-0.05, 0) is 30.9 Å². The molecule has 6 nitrogen and oxygen atoms in total. The highest BCUT2D eigenvalue weighted by Crippen LogP contribution is 2.26. The first-order chi connectivity index (χ1) is 13.6. The van der Waals surface area contributed by atoms with Gasteiger partial charge in [-0.3, -0.25) is 14.5 Å². The van der Waals surface area contributed by atoms with Crippen LogP contribution in [0.25, 0.3) is 0 Å². The van der Waals surface area contributed by atoms with Crippen molar-refractivity contribution in [2.75, 3.05) is 26.2 Å². The Morgan fingerprint density at radius 1 is 1.29 bits per heavy atom. The molecule has 1 unspecified atom stereocenters. The molecular weight excluding hydrogens is 354 g/mol. The van der Waals surface area contributed by atoms with Crippen molar-refractivity contribution in [3.8, 4) is 0 Å². The van der Waals surface area contributed by atoms with E-state index in [1.165, 1.54) is 5.56 Å². The fraction of sp³-hybridized carbons (Fsp3) is 0.455. The molecule has 2 heterocycles. The highest BCUT2D eigenvalue weighted by Gasteiger charge is 2.27. The van der Waals surface area contributed by atoms with Crippen LogP contribution in [0, 0.1) is 6.92 Å². The number of aromatic nitrogens is 1. The number of nitrogens with zero attached hydrogens (tertiary/aromatic N) is 1. The topological polar surface area (TPSA) is 74.4 Å². The summed E-state index contributed by atoms with van der Waals surface area (Å²) in [5.41, 5.74) is 4.19. The Morgan fingerprint density at radius 2 is 2.11 bits per heavy atom. The monoisotopic (exact) mass is 381 g/mol. The Bertz CT molecular complexity index is 859. The van der Waals surface area contributed by atoms with Crippen molar-refractivity contribution in [2.45, 2.75) is 38.8 Å². The molecule has 1 aromatic carbocycles. The molecule has 1 aliphatic carbocycles. The number of nitrogens with one attached hydrogen (secondary N) is 2. The summed E-state index contributed by atoms with van der Waals surface area (Å²) in [6.07, 6.45) is 2.21. The maximum absolute atomic E-state index is 12.7. The van der Waals surface area contributed by atoms with E-state index in [4.69, 9.17) is 4.74 Å². The molecule has 1 atom stereocenters. The highest BCUT2D eigenvalue weighted by atomic mass is 16.5. The number of Topliss-reactive ketones (excluding diaryl/α,β-unsaturated/α-hetero) is 1. The Labute approximate surface area is 165 Å². The van der Waals surface area contributed by atoms with E-state index in [-0.39, 0.29) is 17.8 Å². The van der Waals surface area contributed by atoms with E-state index in [1.807, 2.05) is 13.0 Å². The molecule has 0 saturated carbocycles. The predicted molar refractivity (Wildman–Crippen MR) is 107 cm³/mol. The smallest absolute Gasteiger partial charge is 0.268 e. The van der Waals surface area contributed by atoms with E-state index >= 15 is 0 Å². The zero-order chi connectivity index (χ0) is 19.5. The minimum atomic E-state index is -0.163. The average Bonchev–Trinajstić information content (AvgIpc) is 3.05. The molecule has 2 aliphatic rings. The number of rotatable bonds is 5. The van der Waals surface area contributed by atoms with Crippen LogP contribution in [0.5, 0.6) is 0 Å². The van der Waals surface area contributed by atoms with Crippen LogP contribution in [0.4, 0.5) is 0 Å². The zero-order valence-corrected chi connectivity index (χ0v) is 16.3. The van der Waals surface area contributed by atoms with Crippen molar-refractivity contribution in [3.05, 3.63) is 58.4 Å². The molecule has 1 aromatic heterocycles. The van der Waals surface area contributed by atoms with Crippen LogP contribution in [-0.4, -0.2) is 53.9 Å². The SMILES string of the molecule is Cc1c(C(=O)NCC2CN(Cc3ccccc3)CCO2)[nH]c2c1C(=O)CCC2. The number of H-pyrrole nitrogens is 1. The van der Waals surface area contributed by atoms with E-state index in [1.54, 1.807) is 0 Å². The lowest BCUT2D eigenvalue weighted by Gasteiger charge is -2.33. The van der Waals surface area contributed by atoms with E-state index in [0.29, 0.717) is 25.3 Å². The summed E-state index contributed by atoms with van der Waals surface area (Å²) in [5, 5.41) is 2.98. The summed E-state index contributed by atoms with van der Waals surface area (Å²) in [5.74, 6) is -0.0234. The van der Waals surface area contributed by atoms with Gasteiger partial charge in [0.25, 0.3) is 5.91 Å². The third kappa shape index (κ3) is 4.03. The third-order valence-corrected chi connectivity index (χ3v) is 5.63. The number of morpholine rings is 1. The van der Waals surface area contributed by atoms with Crippen LogP contribution >= 0.6 is 0 Å². The number of ether oxygens (including phenoxy) is 1. The average molecular weight is 381 g/mol. The maximum atomic E-state index is 12.7. The van der Waals surface area contributed by atoms with Crippen LogP contribution < -0.4 is 5.32 Å². The number of fused-ring (bicyclic) bond motifs is 1. The van der Waals surface area contributed by atoms with Gasteiger partial charge in [-0.25, -0.2) is 0 Å². The summed E-state index contributed by atoms with van der Waals surface area (Å²) in [4.78, 5) is 30.4. The van der Waals surface area contributed by atoms with E-state index in [2.05, 4.69) is 39.5 Å². The second-order valence-electron chi connectivity index (χ2n) is 7.68. The number of aryl methyl sites for hydroxylation is 1. The van der Waals surface area contributed by atoms with Gasteiger partial charge in [-0.1, -0.05) is 30.3 Å². The molecular formula is C22H27N3O3. The van der Waals surface area contributed by atoms with Gasteiger partial charge in [0.15, 0.2) is 5.78 Å². The number of carbonyl (C=O) groups is 2. The highest BCUT2D eigenvalue weighted by molar-refractivity contribution is 6.04. The summed E-state index contributed by atoms with van der Waals surface area (Å²) < 4.78 is 5.84. The minimum Gasteiger partial charge on any atom is -0.374 e. The van der Waals surface area contributed by atoms with Crippen molar-refractivity contribution < 1.29 is 14.3 Å². The molecule has 2 aromatic rings. The van der Waals surface area contributed by atoms with Crippen LogP contribution in [-0.2, 0) is 17.7 Å². The Balaban J connectivity index is 1.34. The number of benzene rings is 1. The third-order valence-electron chi connectivity index (χ3n) is 5.63. The van der Waals surface area contributed by atoms with Gasteiger partial charge in [-0.15, -0.1) is 0 Å². The van der Waals surface area contributed by atoms with Crippen LogP contribution in [0.2, 0.25) is 0 Å². The fourth-order valence-electron chi connectivity index (χ4n) is 4.19. The Morgan fingerprint density at radius 3 is 2.89 bits per heavy atom. The predicted octanol–water partition coefficient (Wildman–Crippen LogP) is 2.47. The normalized spacial score (nSPS) is 20.0. The molecule has 6 heteroatoms. The van der Waals surface area contributed by atoms with Crippen LogP contribution in [0.3, 0.4) is 0 Å². The van der Waals surface area contributed by atoms with Gasteiger partial charge in [0, 0.05) is 43.9 Å². The second kappa shape index (κ2) is 8.29. The van der Waals surface area contributed by atoms with Crippen molar-refractivity contribution in [2.24, 2.45) is 0 Å². The molecule has 0 radical (unpaired) electrons. The van der Waals surface area contributed by atoms with Gasteiger partial charge < -0.3 is 15.0 Å². The number of hydrogen-bond donors (Lipinski definition) is 2. The summed E-state index contributed by atoms with van der Waals surface area (Å²) in [6.45, 7) is 5.54. The number of hydrogen-bond acceptors (Lipinski definition) is 4. The van der Waals surface area contributed by atoms with Gasteiger partial charge in [0.1, 0.15) is 5.69 Å². The molecule has 1 saturated heterocycles. The van der Waals surface area contributed by atoms with Crippen molar-refractivity contribution in [3.63, 3.8) is 0 Å². The lowest BCUT2D eigenvalue weighted by Crippen LogP contribution is -2.47. The van der Waals surface area contributed by atoms with Crippen LogP contribution in [0.1, 0.15) is 50.5 Å². The summed E-state index contributed by atoms with van der Waals surface area (Å²) >= 11 is 0. The molecule has 4 rings (SSSR count). The van der Waals surface area contributed by atoms with Gasteiger partial charge in [0.05, 0.1) is 12.7 Å². The summed E-state index contributed by atoms with van der Waals surface area (Å²) in [6, 6.07) is 10.4. The molecule has 28 heavy (non-hydrogen) atoms. The van der Waals surface area contributed by atoms with E-state index in [0.717, 1.165) is 49.3 Å². The first-order valence-electron chi connectivity index (χ1n) is 10.0. The van der Waals surface area contributed by atoms with E-state index < -0.39 is 0 Å². The maximum Gasteiger partial charge on any atom is 0.268 e. The molecule has 1 amide bonds. The number of aromatic amines is 1. The Hall–Kier alpha value is -2.44. The quantitative estimate of drug-likeness (QED) is 0.834. The molecule has 0 spiro atoms. The summed E-state index contributed by atoms with van der Waals surface area (Å²) in [7, 11) is 0. The molecule has 1 aliphatic heterocycles. The van der Waals surface area contributed by atoms with Crippen molar-refractivity contribution >= 4 is 11.7 Å². The fourth-order valence-corrected chi connectivity index (χ4v) is 4.19. The standard InChI is InChI=1S/C22H27N3O3/c1-15-20-18(8-5-9-19(20)26)24-21(15)22(27)23-12-17-14-25(10-11-28-17)13-16-6-3-2-4-7-16/h2-4,6-7,17,24H,5,8-14H2,1H3,(H,23,27). The molecule has 2 N–H and O–H groups in total. The molecule has 148 valence electrons. The number of amides is 1. The molecule has 1 fully saturated rings. The van der Waals surface area contributed by atoms with Crippen molar-refractivity contribution in [1.82, 2.24) is 15.2 Å². The first-order valence-corrected chi connectivity index (χ1v) is 10.0. The lowest BCUT2D eigenvalue weighted by molar-refractivity contribution is -0.0292. The molecule has 0 bridgehead atoms. The second-order valence-corrected chi connectivity index (χ2v) is 7.68. The first kappa shape index (κ1) is 18.9. The Kier molecular flexibility index (Phi) is 5.59. The van der Waals surface area contributed by atoms with Crippen molar-refractivity contribution in [1.29, 1.82) is 0 Å². The zero-order valence-electron chi connectivity index (χ0n) is 16.3. The largest absolute Gasteiger partial charge is 0.374 e. The number of ketones is 1. The van der Waals surface area contributed by atoms with E-state index in [9.17, 15) is 9.59 Å². The van der Waals surface area contributed by atoms with Gasteiger partial charge in [0.2, 0.25) is 0 Å². The number of carbonyl (C=O) groups excluding carboxylic acids is 2. The van der Waals surface area contributed by atoms with Crippen LogP contribution in [0.15, 0.2) is 30.3 Å². The minimum absolute atomic E-state index is 0.0343. The van der Waals surface area contributed by atoms with Gasteiger partial charge >= 0.3 is 0 Å².